The first kappa shape index (κ1) is 18.4. The minimum atomic E-state index is -4.05. The van der Waals surface area contributed by atoms with Gasteiger partial charge in [-0.25, -0.2) is 8.42 Å². The summed E-state index contributed by atoms with van der Waals surface area (Å²) in [5.74, 6) is -0.513. The average Bonchev–Trinajstić information content (AvgIpc) is 2.97. The highest BCUT2D eigenvalue weighted by molar-refractivity contribution is 9.10. The van der Waals surface area contributed by atoms with Gasteiger partial charge in [0.15, 0.2) is 5.76 Å². The maximum absolute atomic E-state index is 12.5. The van der Waals surface area contributed by atoms with E-state index < -0.39 is 15.9 Å². The molecule has 0 saturated carbocycles. The van der Waals surface area contributed by atoms with Gasteiger partial charge in [-0.3, -0.25) is 10.2 Å². The Balaban J connectivity index is 1.84. The highest BCUT2D eigenvalue weighted by Gasteiger charge is 2.23. The Kier molecular flexibility index (Phi) is 5.03. The molecule has 7 nitrogen and oxygen atoms in total. The number of nitrogens with one attached hydrogen (secondary N) is 2. The van der Waals surface area contributed by atoms with Crippen LogP contribution in [0.3, 0.4) is 0 Å². The zero-order valence-corrected chi connectivity index (χ0v) is 16.3. The molecular formula is C17H15BrN2O5S. The van der Waals surface area contributed by atoms with E-state index in [1.54, 1.807) is 25.1 Å². The van der Waals surface area contributed by atoms with Gasteiger partial charge in [0, 0.05) is 15.4 Å². The fraction of sp³-hybridized carbons (Fsp3) is 0.118. The van der Waals surface area contributed by atoms with E-state index in [-0.39, 0.29) is 16.4 Å². The molecule has 0 aliphatic heterocycles. The Hall–Kier alpha value is -2.36. The third kappa shape index (κ3) is 3.46. The van der Waals surface area contributed by atoms with Crippen molar-refractivity contribution in [3.05, 3.63) is 58.3 Å². The summed E-state index contributed by atoms with van der Waals surface area (Å²) in [5.41, 5.74) is 3.34. The van der Waals surface area contributed by atoms with Crippen molar-refractivity contribution in [2.24, 2.45) is 0 Å². The number of aryl methyl sites for hydroxylation is 1. The van der Waals surface area contributed by atoms with Crippen molar-refractivity contribution in [1.29, 1.82) is 0 Å². The normalized spacial score (nSPS) is 11.5. The zero-order valence-electron chi connectivity index (χ0n) is 13.9. The molecule has 3 rings (SSSR count). The molecule has 2 aromatic carbocycles. The number of carbonyl (C=O) groups excluding carboxylic acids is 1. The molecule has 3 aromatic rings. The fourth-order valence-electron chi connectivity index (χ4n) is 2.48. The van der Waals surface area contributed by atoms with Crippen LogP contribution in [0.2, 0.25) is 0 Å². The van der Waals surface area contributed by atoms with Crippen molar-refractivity contribution in [3.8, 4) is 5.75 Å². The average molecular weight is 439 g/mol. The molecule has 0 saturated heterocycles. The Morgan fingerprint density at radius 2 is 1.92 bits per heavy atom. The summed E-state index contributed by atoms with van der Waals surface area (Å²) in [6, 6.07) is 11.7. The van der Waals surface area contributed by atoms with Crippen LogP contribution in [0, 0.1) is 6.92 Å². The molecule has 0 bridgehead atoms. The predicted octanol–water partition coefficient (Wildman–Crippen LogP) is 3.14. The number of para-hydroxylation sites is 1. The van der Waals surface area contributed by atoms with Crippen molar-refractivity contribution >= 4 is 42.8 Å². The van der Waals surface area contributed by atoms with Crippen molar-refractivity contribution in [3.63, 3.8) is 0 Å². The number of sulfonamides is 1. The fourth-order valence-corrected chi connectivity index (χ4v) is 4.02. The lowest BCUT2D eigenvalue weighted by molar-refractivity contribution is 0.0918. The summed E-state index contributed by atoms with van der Waals surface area (Å²) >= 11 is 3.21. The molecular weight excluding hydrogens is 424 g/mol. The van der Waals surface area contributed by atoms with Gasteiger partial charge in [-0.05, 0) is 31.2 Å². The van der Waals surface area contributed by atoms with E-state index in [0.29, 0.717) is 15.6 Å². The number of hydrazine groups is 1. The third-order valence-corrected chi connectivity index (χ3v) is 5.53. The SMILES string of the molecule is COc1ccc(Br)cc1S(=O)(=O)NNC(=O)c1oc2ccccc2c1C. The molecule has 0 fully saturated rings. The van der Waals surface area contributed by atoms with Gasteiger partial charge in [-0.1, -0.05) is 34.1 Å². The molecule has 1 amide bonds. The number of methoxy groups -OCH3 is 1. The van der Waals surface area contributed by atoms with Crippen molar-refractivity contribution < 1.29 is 22.4 Å². The maximum Gasteiger partial charge on any atom is 0.302 e. The first-order valence-corrected chi connectivity index (χ1v) is 9.75. The number of halogens is 1. The Morgan fingerprint density at radius 3 is 2.62 bits per heavy atom. The summed E-state index contributed by atoms with van der Waals surface area (Å²) in [4.78, 5) is 14.3. The topological polar surface area (TPSA) is 97.6 Å². The van der Waals surface area contributed by atoms with Crippen LogP contribution < -0.4 is 15.0 Å². The van der Waals surface area contributed by atoms with Crippen LogP contribution in [0.1, 0.15) is 16.1 Å². The Labute approximate surface area is 158 Å². The second kappa shape index (κ2) is 7.10. The minimum Gasteiger partial charge on any atom is -0.495 e. The lowest BCUT2D eigenvalue weighted by atomic mass is 10.1. The van der Waals surface area contributed by atoms with Crippen molar-refractivity contribution in [1.82, 2.24) is 10.3 Å². The number of rotatable bonds is 5. The number of furan rings is 1. The van der Waals surface area contributed by atoms with E-state index in [4.69, 9.17) is 9.15 Å². The number of ether oxygens (including phenoxy) is 1. The quantitative estimate of drug-likeness (QED) is 0.596. The number of amides is 1. The zero-order chi connectivity index (χ0) is 18.9. The standard InChI is InChI=1S/C17H15BrN2O5S/c1-10-12-5-3-4-6-13(12)25-16(10)17(21)19-20-26(22,23)15-9-11(18)7-8-14(15)24-2/h3-9,20H,1-2H3,(H,19,21). The van der Waals surface area contributed by atoms with Gasteiger partial charge in [-0.2, -0.15) is 0 Å². The monoisotopic (exact) mass is 438 g/mol. The molecule has 0 aliphatic rings. The highest BCUT2D eigenvalue weighted by atomic mass is 79.9. The van der Waals surface area contributed by atoms with Crippen LogP contribution in [0.5, 0.6) is 5.75 Å². The molecule has 0 spiro atoms. The van der Waals surface area contributed by atoms with Crippen LogP contribution >= 0.6 is 15.9 Å². The summed E-state index contributed by atoms with van der Waals surface area (Å²) in [7, 11) is -2.69. The molecule has 2 N–H and O–H groups in total. The summed E-state index contributed by atoms with van der Waals surface area (Å²) in [5, 5.41) is 0.786. The molecule has 0 radical (unpaired) electrons. The molecule has 0 atom stereocenters. The number of benzene rings is 2. The molecule has 0 aliphatic carbocycles. The molecule has 26 heavy (non-hydrogen) atoms. The van der Waals surface area contributed by atoms with Gasteiger partial charge in [0.25, 0.3) is 10.0 Å². The first-order chi connectivity index (χ1) is 12.3. The molecule has 136 valence electrons. The highest BCUT2D eigenvalue weighted by Crippen LogP contribution is 2.27. The van der Waals surface area contributed by atoms with Crippen LogP contribution in [0.25, 0.3) is 11.0 Å². The number of hydrogen-bond acceptors (Lipinski definition) is 5. The van der Waals surface area contributed by atoms with E-state index in [2.05, 4.69) is 26.2 Å². The molecule has 9 heteroatoms. The number of carbonyl (C=O) groups is 1. The first-order valence-electron chi connectivity index (χ1n) is 7.47. The van der Waals surface area contributed by atoms with E-state index in [1.165, 1.54) is 19.2 Å². The summed E-state index contributed by atoms with van der Waals surface area (Å²) in [6.07, 6.45) is 0. The van der Waals surface area contributed by atoms with E-state index in [9.17, 15) is 13.2 Å². The Bertz CT molecular complexity index is 1090. The van der Waals surface area contributed by atoms with Gasteiger partial charge in [0.1, 0.15) is 16.2 Å². The van der Waals surface area contributed by atoms with E-state index in [1.807, 2.05) is 12.1 Å². The van der Waals surface area contributed by atoms with E-state index in [0.717, 1.165) is 5.39 Å². The largest absolute Gasteiger partial charge is 0.495 e. The van der Waals surface area contributed by atoms with Gasteiger partial charge in [0.05, 0.1) is 7.11 Å². The van der Waals surface area contributed by atoms with Gasteiger partial charge >= 0.3 is 5.91 Å². The van der Waals surface area contributed by atoms with Crippen LogP contribution in [-0.2, 0) is 10.0 Å². The number of hydrogen-bond donors (Lipinski definition) is 2. The number of fused-ring (bicyclic) bond motifs is 1. The lowest BCUT2D eigenvalue weighted by Gasteiger charge is -2.11. The van der Waals surface area contributed by atoms with Gasteiger partial charge < -0.3 is 9.15 Å². The van der Waals surface area contributed by atoms with Gasteiger partial charge in [-0.15, -0.1) is 4.83 Å². The van der Waals surface area contributed by atoms with Crippen molar-refractivity contribution in [2.45, 2.75) is 11.8 Å². The smallest absolute Gasteiger partial charge is 0.302 e. The Morgan fingerprint density at radius 1 is 1.19 bits per heavy atom. The van der Waals surface area contributed by atoms with Crippen molar-refractivity contribution in [2.75, 3.05) is 7.11 Å². The predicted molar refractivity (Wildman–Crippen MR) is 99.4 cm³/mol. The van der Waals surface area contributed by atoms with Crippen LogP contribution in [-0.4, -0.2) is 21.4 Å². The second-order valence-electron chi connectivity index (χ2n) is 5.41. The van der Waals surface area contributed by atoms with Crippen LogP contribution in [0.4, 0.5) is 0 Å². The third-order valence-electron chi connectivity index (χ3n) is 3.76. The maximum atomic E-state index is 12.5. The van der Waals surface area contributed by atoms with Gasteiger partial charge in [0.2, 0.25) is 0 Å². The van der Waals surface area contributed by atoms with E-state index >= 15 is 0 Å². The van der Waals surface area contributed by atoms with Crippen LogP contribution in [0.15, 0.2) is 56.2 Å². The minimum absolute atomic E-state index is 0.0371. The molecule has 1 aromatic heterocycles. The molecule has 0 unspecified atom stereocenters. The lowest BCUT2D eigenvalue weighted by Crippen LogP contribution is -2.41. The summed E-state index contributed by atoms with van der Waals surface area (Å²) in [6.45, 7) is 1.73. The molecule has 1 heterocycles. The summed E-state index contributed by atoms with van der Waals surface area (Å²) < 4.78 is 36.1. The second-order valence-corrected chi connectivity index (χ2v) is 7.97.